The highest BCUT2D eigenvalue weighted by atomic mass is 19.1. The Morgan fingerprint density at radius 3 is 2.71 bits per heavy atom. The number of aliphatic hydroxyl groups is 1. The van der Waals surface area contributed by atoms with E-state index >= 15 is 0 Å². The van der Waals surface area contributed by atoms with Crippen LogP contribution in [0.3, 0.4) is 0 Å². The van der Waals surface area contributed by atoms with Gasteiger partial charge in [0.05, 0.1) is 6.26 Å². The molecule has 0 aliphatic heterocycles. The number of hydrogen-bond donors (Lipinski definition) is 1. The lowest BCUT2D eigenvalue weighted by atomic mass is 9.97. The standard InChI is InChI=1S/C14H15FO2/c1-3-13-12(6-7-17-13)14(16)11-5-4-10(15)8-9(11)2/h4-8,14,16H,3H2,1-2H3. The van der Waals surface area contributed by atoms with E-state index in [1.165, 1.54) is 12.1 Å². The lowest BCUT2D eigenvalue weighted by Crippen LogP contribution is -2.03. The Balaban J connectivity index is 2.40. The summed E-state index contributed by atoms with van der Waals surface area (Å²) < 4.78 is 18.3. The van der Waals surface area contributed by atoms with Crippen molar-refractivity contribution in [3.05, 3.63) is 58.8 Å². The maximum Gasteiger partial charge on any atom is 0.123 e. The highest BCUT2D eigenvalue weighted by Gasteiger charge is 2.18. The first-order valence-electron chi connectivity index (χ1n) is 5.64. The monoisotopic (exact) mass is 234 g/mol. The van der Waals surface area contributed by atoms with Gasteiger partial charge in [-0.15, -0.1) is 0 Å². The molecule has 0 spiro atoms. The van der Waals surface area contributed by atoms with Crippen LogP contribution in [0.5, 0.6) is 0 Å². The molecule has 0 aliphatic rings. The molecule has 1 atom stereocenters. The van der Waals surface area contributed by atoms with Gasteiger partial charge in [-0.3, -0.25) is 0 Å². The summed E-state index contributed by atoms with van der Waals surface area (Å²) in [5.41, 5.74) is 2.20. The minimum Gasteiger partial charge on any atom is -0.469 e. The van der Waals surface area contributed by atoms with Crippen LogP contribution in [0.15, 0.2) is 34.9 Å². The molecule has 1 aromatic carbocycles. The third-order valence-corrected chi connectivity index (χ3v) is 2.92. The van der Waals surface area contributed by atoms with Gasteiger partial charge in [-0.05, 0) is 36.2 Å². The van der Waals surface area contributed by atoms with Crippen LogP contribution in [-0.4, -0.2) is 5.11 Å². The zero-order chi connectivity index (χ0) is 12.4. The van der Waals surface area contributed by atoms with Crippen molar-refractivity contribution < 1.29 is 13.9 Å². The van der Waals surface area contributed by atoms with Gasteiger partial charge in [0.25, 0.3) is 0 Å². The van der Waals surface area contributed by atoms with Crippen molar-refractivity contribution in [2.75, 3.05) is 0 Å². The van der Waals surface area contributed by atoms with E-state index in [1.54, 1.807) is 25.3 Å². The molecule has 1 unspecified atom stereocenters. The summed E-state index contributed by atoms with van der Waals surface area (Å²) in [5, 5.41) is 10.3. The van der Waals surface area contributed by atoms with E-state index in [-0.39, 0.29) is 5.82 Å². The van der Waals surface area contributed by atoms with Crippen LogP contribution < -0.4 is 0 Å². The maximum absolute atomic E-state index is 13.0. The first-order chi connectivity index (χ1) is 8.13. The minimum atomic E-state index is -0.760. The van der Waals surface area contributed by atoms with E-state index in [0.29, 0.717) is 5.56 Å². The number of aliphatic hydroxyl groups excluding tert-OH is 1. The molecule has 3 heteroatoms. The molecule has 90 valence electrons. The second kappa shape index (κ2) is 4.72. The molecule has 0 amide bonds. The predicted molar refractivity (Wildman–Crippen MR) is 63.3 cm³/mol. The molecule has 2 aromatic rings. The largest absolute Gasteiger partial charge is 0.469 e. The average Bonchev–Trinajstić information content (AvgIpc) is 2.76. The second-order valence-corrected chi connectivity index (χ2v) is 4.06. The molecule has 1 aromatic heterocycles. The minimum absolute atomic E-state index is 0.290. The number of hydrogen-bond acceptors (Lipinski definition) is 2. The molecule has 0 saturated heterocycles. The first kappa shape index (κ1) is 11.9. The van der Waals surface area contributed by atoms with Crippen LogP contribution >= 0.6 is 0 Å². The predicted octanol–water partition coefficient (Wildman–Crippen LogP) is 3.37. The quantitative estimate of drug-likeness (QED) is 0.883. The van der Waals surface area contributed by atoms with Gasteiger partial charge in [0.15, 0.2) is 0 Å². The van der Waals surface area contributed by atoms with Crippen molar-refractivity contribution >= 4 is 0 Å². The normalized spacial score (nSPS) is 12.7. The highest BCUT2D eigenvalue weighted by molar-refractivity contribution is 5.36. The SMILES string of the molecule is CCc1occc1C(O)c1ccc(F)cc1C. The third-order valence-electron chi connectivity index (χ3n) is 2.92. The van der Waals surface area contributed by atoms with Crippen LogP contribution in [0, 0.1) is 12.7 Å². The Labute approximate surface area is 99.7 Å². The molecular formula is C14H15FO2. The van der Waals surface area contributed by atoms with Crippen molar-refractivity contribution in [1.29, 1.82) is 0 Å². The molecule has 0 bridgehead atoms. The summed E-state index contributed by atoms with van der Waals surface area (Å²) in [5.74, 6) is 0.475. The number of benzene rings is 1. The Bertz CT molecular complexity index is 517. The molecule has 0 saturated carbocycles. The van der Waals surface area contributed by atoms with E-state index in [2.05, 4.69) is 0 Å². The summed E-state index contributed by atoms with van der Waals surface area (Å²) in [7, 11) is 0. The lowest BCUT2D eigenvalue weighted by Gasteiger charge is -2.13. The molecule has 17 heavy (non-hydrogen) atoms. The van der Waals surface area contributed by atoms with Gasteiger partial charge in [0.1, 0.15) is 17.7 Å². The molecule has 0 radical (unpaired) electrons. The summed E-state index contributed by atoms with van der Waals surface area (Å²) >= 11 is 0. The fourth-order valence-electron chi connectivity index (χ4n) is 1.99. The maximum atomic E-state index is 13.0. The van der Waals surface area contributed by atoms with E-state index < -0.39 is 6.10 Å². The van der Waals surface area contributed by atoms with E-state index in [9.17, 15) is 9.50 Å². The van der Waals surface area contributed by atoms with Crippen LogP contribution in [0.2, 0.25) is 0 Å². The van der Waals surface area contributed by atoms with Crippen LogP contribution in [0.4, 0.5) is 4.39 Å². The average molecular weight is 234 g/mol. The molecule has 1 N–H and O–H groups in total. The van der Waals surface area contributed by atoms with Gasteiger partial charge in [-0.25, -0.2) is 4.39 Å². The third kappa shape index (κ3) is 2.24. The fraction of sp³-hybridized carbons (Fsp3) is 0.286. The van der Waals surface area contributed by atoms with E-state index in [0.717, 1.165) is 23.3 Å². The number of halogens is 1. The number of aryl methyl sites for hydroxylation is 2. The molecule has 2 nitrogen and oxygen atoms in total. The zero-order valence-corrected chi connectivity index (χ0v) is 9.90. The Morgan fingerprint density at radius 1 is 1.29 bits per heavy atom. The topological polar surface area (TPSA) is 33.4 Å². The van der Waals surface area contributed by atoms with Crippen LogP contribution in [0.25, 0.3) is 0 Å². The van der Waals surface area contributed by atoms with Crippen molar-refractivity contribution in [2.45, 2.75) is 26.4 Å². The van der Waals surface area contributed by atoms with Crippen molar-refractivity contribution in [3.8, 4) is 0 Å². The Hall–Kier alpha value is -1.61. The summed E-state index contributed by atoms with van der Waals surface area (Å²) in [6, 6.07) is 6.15. The fourth-order valence-corrected chi connectivity index (χ4v) is 1.99. The molecule has 1 heterocycles. The van der Waals surface area contributed by atoms with Gasteiger partial charge >= 0.3 is 0 Å². The number of rotatable bonds is 3. The highest BCUT2D eigenvalue weighted by Crippen LogP contribution is 2.28. The lowest BCUT2D eigenvalue weighted by molar-refractivity contribution is 0.216. The van der Waals surface area contributed by atoms with Crippen LogP contribution in [-0.2, 0) is 6.42 Å². The number of furan rings is 1. The first-order valence-corrected chi connectivity index (χ1v) is 5.64. The molecule has 2 rings (SSSR count). The van der Waals surface area contributed by atoms with Crippen molar-refractivity contribution in [3.63, 3.8) is 0 Å². The smallest absolute Gasteiger partial charge is 0.123 e. The van der Waals surface area contributed by atoms with Gasteiger partial charge in [-0.1, -0.05) is 13.0 Å². The van der Waals surface area contributed by atoms with E-state index in [4.69, 9.17) is 4.42 Å². The Morgan fingerprint density at radius 2 is 2.06 bits per heavy atom. The molecular weight excluding hydrogens is 219 g/mol. The zero-order valence-electron chi connectivity index (χ0n) is 9.90. The summed E-state index contributed by atoms with van der Waals surface area (Å²) in [4.78, 5) is 0. The van der Waals surface area contributed by atoms with E-state index in [1.807, 2.05) is 6.92 Å². The summed E-state index contributed by atoms with van der Waals surface area (Å²) in [6.45, 7) is 3.75. The molecule has 0 fully saturated rings. The second-order valence-electron chi connectivity index (χ2n) is 4.06. The Kier molecular flexibility index (Phi) is 3.29. The van der Waals surface area contributed by atoms with Crippen LogP contribution in [0.1, 0.15) is 35.5 Å². The van der Waals surface area contributed by atoms with Gasteiger partial charge < -0.3 is 9.52 Å². The van der Waals surface area contributed by atoms with Gasteiger partial charge in [-0.2, -0.15) is 0 Å². The van der Waals surface area contributed by atoms with Gasteiger partial charge in [0.2, 0.25) is 0 Å². The van der Waals surface area contributed by atoms with Crippen molar-refractivity contribution in [2.24, 2.45) is 0 Å². The van der Waals surface area contributed by atoms with Crippen molar-refractivity contribution in [1.82, 2.24) is 0 Å². The van der Waals surface area contributed by atoms with Gasteiger partial charge in [0, 0.05) is 12.0 Å². The molecule has 0 aliphatic carbocycles. The summed E-state index contributed by atoms with van der Waals surface area (Å²) in [6.07, 6.45) is 1.53.